The Kier molecular flexibility index (Phi) is 6.11. The van der Waals surface area contributed by atoms with E-state index in [-0.39, 0.29) is 30.0 Å². The zero-order valence-electron chi connectivity index (χ0n) is 13.7. The van der Waals surface area contributed by atoms with Crippen molar-refractivity contribution in [2.45, 2.75) is 19.4 Å². The van der Waals surface area contributed by atoms with Gasteiger partial charge in [0, 0.05) is 24.4 Å². The normalized spacial score (nSPS) is 19.7. The lowest BCUT2D eigenvalue weighted by Gasteiger charge is -2.29. The molecule has 8 nitrogen and oxygen atoms in total. The number of benzene rings is 1. The van der Waals surface area contributed by atoms with Gasteiger partial charge in [0.15, 0.2) is 5.69 Å². The van der Waals surface area contributed by atoms with E-state index in [1.54, 1.807) is 24.4 Å². The number of nitro groups is 1. The van der Waals surface area contributed by atoms with Crippen LogP contribution in [0.1, 0.15) is 23.8 Å². The van der Waals surface area contributed by atoms with E-state index in [9.17, 15) is 14.9 Å². The molecule has 1 aliphatic rings. The summed E-state index contributed by atoms with van der Waals surface area (Å²) in [4.78, 5) is 22.8. The summed E-state index contributed by atoms with van der Waals surface area (Å²) < 4.78 is 1.47. The predicted molar refractivity (Wildman–Crippen MR) is 95.4 cm³/mol. The van der Waals surface area contributed by atoms with E-state index < -0.39 is 4.92 Å². The van der Waals surface area contributed by atoms with Crippen molar-refractivity contribution in [2.75, 3.05) is 13.1 Å². The predicted octanol–water partition coefficient (Wildman–Crippen LogP) is 1.93. The molecule has 0 aliphatic carbocycles. The molecule has 1 aromatic carbocycles. The van der Waals surface area contributed by atoms with Crippen molar-refractivity contribution >= 4 is 24.0 Å². The van der Waals surface area contributed by atoms with Gasteiger partial charge in [0.05, 0.1) is 10.6 Å². The second-order valence-electron chi connectivity index (χ2n) is 5.97. The van der Waals surface area contributed by atoms with Crippen LogP contribution in [-0.4, -0.2) is 39.7 Å². The van der Waals surface area contributed by atoms with Crippen molar-refractivity contribution in [3.8, 4) is 5.69 Å². The molecule has 9 heteroatoms. The molecule has 0 saturated carbocycles. The fraction of sp³-hybridized carbons (Fsp3) is 0.375. The zero-order chi connectivity index (χ0) is 17.1. The fourth-order valence-corrected chi connectivity index (χ4v) is 2.81. The van der Waals surface area contributed by atoms with E-state index in [0.29, 0.717) is 17.3 Å². The summed E-state index contributed by atoms with van der Waals surface area (Å²) >= 11 is 0. The minimum absolute atomic E-state index is 0. The first kappa shape index (κ1) is 18.9. The molecule has 2 heterocycles. The number of rotatable bonds is 4. The Hall–Kier alpha value is -2.45. The second-order valence-corrected chi connectivity index (χ2v) is 5.97. The van der Waals surface area contributed by atoms with Gasteiger partial charge >= 0.3 is 0 Å². The van der Waals surface area contributed by atoms with Gasteiger partial charge in [-0.2, -0.15) is 5.10 Å². The molecule has 2 N–H and O–H groups in total. The summed E-state index contributed by atoms with van der Waals surface area (Å²) in [5.41, 5.74) is 0.822. The molecular formula is C16H20ClN5O3. The molecule has 2 unspecified atom stereocenters. The topological polar surface area (TPSA) is 102 Å². The first-order chi connectivity index (χ1) is 11.5. The van der Waals surface area contributed by atoms with E-state index in [1.807, 2.05) is 0 Å². The van der Waals surface area contributed by atoms with E-state index in [2.05, 4.69) is 22.7 Å². The Bertz CT molecular complexity index is 764. The van der Waals surface area contributed by atoms with Crippen LogP contribution in [0, 0.1) is 16.0 Å². The van der Waals surface area contributed by atoms with Gasteiger partial charge in [0.1, 0.15) is 0 Å². The molecule has 0 spiro atoms. The molecule has 1 aliphatic heterocycles. The molecule has 3 rings (SSSR count). The van der Waals surface area contributed by atoms with E-state index in [0.717, 1.165) is 19.5 Å². The molecule has 0 bridgehead atoms. The lowest BCUT2D eigenvalue weighted by atomic mass is 9.95. The Morgan fingerprint density at radius 1 is 1.44 bits per heavy atom. The third kappa shape index (κ3) is 4.34. The van der Waals surface area contributed by atoms with Crippen molar-refractivity contribution in [1.82, 2.24) is 20.4 Å². The van der Waals surface area contributed by atoms with E-state index in [4.69, 9.17) is 0 Å². The average molecular weight is 366 g/mol. The SMILES string of the molecule is CC1CNCCC1NC(=O)c1ccn(-c2cccc([N+](=O)[O-])c2)n1.Cl. The highest BCUT2D eigenvalue weighted by Crippen LogP contribution is 2.17. The maximum absolute atomic E-state index is 12.4. The highest BCUT2D eigenvalue weighted by atomic mass is 35.5. The summed E-state index contributed by atoms with van der Waals surface area (Å²) in [7, 11) is 0. The molecule has 1 saturated heterocycles. The minimum atomic E-state index is -0.459. The highest BCUT2D eigenvalue weighted by Gasteiger charge is 2.24. The third-order valence-electron chi connectivity index (χ3n) is 4.23. The van der Waals surface area contributed by atoms with Crippen molar-refractivity contribution in [3.63, 3.8) is 0 Å². The standard InChI is InChI=1S/C16H19N5O3.ClH/c1-11-10-17-7-5-14(11)18-16(22)15-6-8-20(19-15)12-3-2-4-13(9-12)21(23)24;/h2-4,6,8-9,11,14,17H,5,7,10H2,1H3,(H,18,22);1H. The largest absolute Gasteiger partial charge is 0.348 e. The van der Waals surface area contributed by atoms with E-state index in [1.165, 1.54) is 16.8 Å². The number of carbonyl (C=O) groups excluding carboxylic acids is 1. The van der Waals surface area contributed by atoms with Crippen LogP contribution in [0.3, 0.4) is 0 Å². The van der Waals surface area contributed by atoms with Crippen LogP contribution in [0.2, 0.25) is 0 Å². The van der Waals surface area contributed by atoms with Gasteiger partial charge in [-0.25, -0.2) is 4.68 Å². The number of nitrogens with one attached hydrogen (secondary N) is 2. The summed E-state index contributed by atoms with van der Waals surface area (Å²) in [5.74, 6) is 0.138. The number of nitro benzene ring substituents is 1. The van der Waals surface area contributed by atoms with Crippen LogP contribution < -0.4 is 10.6 Å². The van der Waals surface area contributed by atoms with Gasteiger partial charge < -0.3 is 10.6 Å². The Balaban J connectivity index is 0.00000225. The number of amides is 1. The quantitative estimate of drug-likeness (QED) is 0.636. The molecule has 1 amide bonds. The highest BCUT2D eigenvalue weighted by molar-refractivity contribution is 5.92. The molecule has 0 radical (unpaired) electrons. The van der Waals surface area contributed by atoms with Crippen molar-refractivity contribution in [1.29, 1.82) is 0 Å². The number of aromatic nitrogens is 2. The van der Waals surface area contributed by atoms with Crippen molar-refractivity contribution in [3.05, 3.63) is 52.3 Å². The van der Waals surface area contributed by atoms with Gasteiger partial charge in [-0.15, -0.1) is 12.4 Å². The smallest absolute Gasteiger partial charge is 0.272 e. The van der Waals surface area contributed by atoms with Gasteiger partial charge in [0.2, 0.25) is 0 Å². The van der Waals surface area contributed by atoms with Crippen LogP contribution >= 0.6 is 12.4 Å². The van der Waals surface area contributed by atoms with Gasteiger partial charge in [-0.3, -0.25) is 14.9 Å². The number of nitrogens with zero attached hydrogens (tertiary/aromatic N) is 3. The van der Waals surface area contributed by atoms with Crippen molar-refractivity contribution in [2.24, 2.45) is 5.92 Å². The Morgan fingerprint density at radius 3 is 2.96 bits per heavy atom. The van der Waals surface area contributed by atoms with E-state index >= 15 is 0 Å². The summed E-state index contributed by atoms with van der Waals surface area (Å²) in [6.45, 7) is 3.86. The lowest BCUT2D eigenvalue weighted by molar-refractivity contribution is -0.384. The van der Waals surface area contributed by atoms with Gasteiger partial charge in [-0.1, -0.05) is 13.0 Å². The Morgan fingerprint density at radius 2 is 2.24 bits per heavy atom. The number of hydrogen-bond acceptors (Lipinski definition) is 5. The first-order valence-corrected chi connectivity index (χ1v) is 7.86. The van der Waals surface area contributed by atoms with Crippen molar-refractivity contribution < 1.29 is 9.72 Å². The molecule has 2 aromatic rings. The van der Waals surface area contributed by atoms with Crippen LogP contribution in [0.4, 0.5) is 5.69 Å². The van der Waals surface area contributed by atoms with Crippen LogP contribution in [-0.2, 0) is 0 Å². The molecule has 25 heavy (non-hydrogen) atoms. The fourth-order valence-electron chi connectivity index (χ4n) is 2.81. The Labute approximate surface area is 151 Å². The van der Waals surface area contributed by atoms with Gasteiger partial charge in [-0.05, 0) is 37.6 Å². The number of non-ortho nitro benzene ring substituents is 1. The lowest BCUT2D eigenvalue weighted by Crippen LogP contribution is -2.48. The monoisotopic (exact) mass is 365 g/mol. The molecular weight excluding hydrogens is 346 g/mol. The number of piperidine rings is 1. The average Bonchev–Trinajstić information content (AvgIpc) is 3.07. The number of carbonyl (C=O) groups is 1. The molecule has 134 valence electrons. The molecule has 1 fully saturated rings. The molecule has 1 aromatic heterocycles. The number of halogens is 1. The first-order valence-electron chi connectivity index (χ1n) is 7.86. The summed E-state index contributed by atoms with van der Waals surface area (Å²) in [5, 5.41) is 21.4. The molecule has 2 atom stereocenters. The van der Waals surface area contributed by atoms with Crippen LogP contribution in [0.5, 0.6) is 0 Å². The third-order valence-corrected chi connectivity index (χ3v) is 4.23. The van der Waals surface area contributed by atoms with Crippen LogP contribution in [0.25, 0.3) is 5.69 Å². The minimum Gasteiger partial charge on any atom is -0.348 e. The van der Waals surface area contributed by atoms with Gasteiger partial charge in [0.25, 0.3) is 11.6 Å². The maximum atomic E-state index is 12.4. The zero-order valence-corrected chi connectivity index (χ0v) is 14.5. The number of hydrogen-bond donors (Lipinski definition) is 2. The second kappa shape index (κ2) is 8.09. The van der Waals surface area contributed by atoms with Crippen LogP contribution in [0.15, 0.2) is 36.5 Å². The summed E-state index contributed by atoms with van der Waals surface area (Å²) in [6, 6.07) is 7.87. The summed E-state index contributed by atoms with van der Waals surface area (Å²) in [6.07, 6.45) is 2.51. The maximum Gasteiger partial charge on any atom is 0.272 e.